The standard InChI is InChI=1S/C25H27ClF3N3O4S/c1-3-31(4-2)12-13-32-21-16-17(9-7-8-14-37(30,35)36)15-19(25(27,28)29)22(21)24(34,23(32)33)18-10-5-6-11-20(18)26/h5-6,10-11,15-16,34H,3-4,8,12-14H2,1-2H3,(H2,30,35,36). The second-order valence-corrected chi connectivity index (χ2v) is 10.6. The van der Waals surface area contributed by atoms with E-state index >= 15 is 0 Å². The smallest absolute Gasteiger partial charge is 0.372 e. The molecule has 0 spiro atoms. The van der Waals surface area contributed by atoms with Crippen molar-refractivity contribution in [3.8, 4) is 11.8 Å². The third-order valence-corrected chi connectivity index (χ3v) is 7.28. The van der Waals surface area contributed by atoms with Crippen LogP contribution in [0.25, 0.3) is 0 Å². The molecule has 1 aliphatic heterocycles. The number of carbonyl (C=O) groups excluding carboxylic acids is 1. The zero-order chi connectivity index (χ0) is 27.6. The van der Waals surface area contributed by atoms with E-state index in [-0.39, 0.29) is 34.8 Å². The van der Waals surface area contributed by atoms with Crippen LogP contribution in [0.5, 0.6) is 0 Å². The van der Waals surface area contributed by atoms with Crippen LogP contribution < -0.4 is 10.0 Å². The van der Waals surface area contributed by atoms with Gasteiger partial charge in [0.15, 0.2) is 5.60 Å². The minimum absolute atomic E-state index is 0.0138. The molecular weight excluding hydrogens is 531 g/mol. The third kappa shape index (κ3) is 6.10. The second kappa shape index (κ2) is 11.0. The van der Waals surface area contributed by atoms with Gasteiger partial charge >= 0.3 is 6.18 Å². The van der Waals surface area contributed by atoms with E-state index in [2.05, 4.69) is 11.8 Å². The molecule has 0 bridgehead atoms. The second-order valence-electron chi connectivity index (χ2n) is 8.51. The van der Waals surface area contributed by atoms with E-state index in [4.69, 9.17) is 16.7 Å². The fraction of sp³-hybridized carbons (Fsp3) is 0.400. The number of likely N-dealkylation sites (N-methyl/N-ethyl adjacent to an activating group) is 1. The van der Waals surface area contributed by atoms with Crippen LogP contribution >= 0.6 is 11.6 Å². The summed E-state index contributed by atoms with van der Waals surface area (Å²) >= 11 is 6.26. The first kappa shape index (κ1) is 28.9. The molecule has 1 heterocycles. The molecule has 1 atom stereocenters. The molecule has 12 heteroatoms. The monoisotopic (exact) mass is 557 g/mol. The summed E-state index contributed by atoms with van der Waals surface area (Å²) in [4.78, 5) is 16.8. The minimum atomic E-state index is -4.95. The zero-order valence-corrected chi connectivity index (χ0v) is 21.8. The number of sulfonamides is 1. The van der Waals surface area contributed by atoms with Crippen LogP contribution in [0.4, 0.5) is 18.9 Å². The fourth-order valence-corrected chi connectivity index (χ4v) is 4.95. The molecule has 2 aromatic carbocycles. The van der Waals surface area contributed by atoms with Crippen molar-refractivity contribution < 1.29 is 31.5 Å². The van der Waals surface area contributed by atoms with Crippen molar-refractivity contribution in [3.63, 3.8) is 0 Å². The lowest BCUT2D eigenvalue weighted by Crippen LogP contribution is -2.44. The molecule has 200 valence electrons. The van der Waals surface area contributed by atoms with Gasteiger partial charge in [-0.05, 0) is 31.3 Å². The van der Waals surface area contributed by atoms with Crippen LogP contribution in [0.2, 0.25) is 5.02 Å². The number of halogens is 4. The maximum absolute atomic E-state index is 14.4. The number of amides is 1. The molecule has 37 heavy (non-hydrogen) atoms. The summed E-state index contributed by atoms with van der Waals surface area (Å²) in [7, 11) is -3.79. The first-order valence-corrected chi connectivity index (χ1v) is 13.6. The van der Waals surface area contributed by atoms with E-state index in [0.29, 0.717) is 19.6 Å². The lowest BCUT2D eigenvalue weighted by molar-refractivity contribution is -0.142. The van der Waals surface area contributed by atoms with Gasteiger partial charge in [0.2, 0.25) is 10.0 Å². The number of alkyl halides is 3. The number of fused-ring (bicyclic) bond motifs is 1. The first-order chi connectivity index (χ1) is 17.2. The summed E-state index contributed by atoms with van der Waals surface area (Å²) in [6.45, 7) is 5.51. The molecule has 0 radical (unpaired) electrons. The Morgan fingerprint density at radius 3 is 2.41 bits per heavy atom. The SMILES string of the molecule is CCN(CC)CCN1C(=O)C(O)(c2ccccc2Cl)c2c1cc(C#CCCS(N)(=O)=O)cc2C(F)(F)F. The summed E-state index contributed by atoms with van der Waals surface area (Å²) in [5, 5.41) is 16.6. The van der Waals surface area contributed by atoms with Gasteiger partial charge in [-0.2, -0.15) is 13.2 Å². The van der Waals surface area contributed by atoms with Gasteiger partial charge in [-0.1, -0.05) is 55.5 Å². The molecule has 1 aliphatic rings. The number of aliphatic hydroxyl groups is 1. The normalized spacial score (nSPS) is 17.6. The van der Waals surface area contributed by atoms with Gasteiger partial charge in [-0.25, -0.2) is 13.6 Å². The molecule has 0 aliphatic carbocycles. The van der Waals surface area contributed by atoms with Crippen molar-refractivity contribution in [2.45, 2.75) is 32.0 Å². The largest absolute Gasteiger partial charge is 0.416 e. The van der Waals surface area contributed by atoms with Crippen LogP contribution in [0, 0.1) is 11.8 Å². The maximum Gasteiger partial charge on any atom is 0.416 e. The van der Waals surface area contributed by atoms with E-state index < -0.39 is 44.6 Å². The number of carbonyl (C=O) groups is 1. The number of hydrogen-bond donors (Lipinski definition) is 2. The predicted octanol–water partition coefficient (Wildman–Crippen LogP) is 3.31. The van der Waals surface area contributed by atoms with Crippen LogP contribution in [0.1, 0.15) is 42.5 Å². The van der Waals surface area contributed by atoms with E-state index in [1.54, 1.807) is 6.07 Å². The average molecular weight is 558 g/mol. The quantitative estimate of drug-likeness (QED) is 0.485. The van der Waals surface area contributed by atoms with E-state index in [1.165, 1.54) is 24.3 Å². The van der Waals surface area contributed by atoms with Gasteiger partial charge in [-0.15, -0.1) is 0 Å². The summed E-state index contributed by atoms with van der Waals surface area (Å²) in [6.07, 6.45) is -5.14. The number of rotatable bonds is 8. The van der Waals surface area contributed by atoms with Gasteiger partial charge in [0.1, 0.15) is 0 Å². The van der Waals surface area contributed by atoms with Crippen LogP contribution in [-0.4, -0.2) is 56.3 Å². The van der Waals surface area contributed by atoms with E-state index in [9.17, 15) is 31.5 Å². The molecule has 0 fully saturated rings. The Morgan fingerprint density at radius 2 is 1.84 bits per heavy atom. The van der Waals surface area contributed by atoms with Gasteiger partial charge in [0.05, 0.1) is 17.0 Å². The summed E-state index contributed by atoms with van der Waals surface area (Å²) in [6, 6.07) is 7.76. The Bertz CT molecular complexity index is 1350. The average Bonchev–Trinajstić information content (AvgIpc) is 3.03. The summed E-state index contributed by atoms with van der Waals surface area (Å²) < 4.78 is 65.4. The number of anilines is 1. The Kier molecular flexibility index (Phi) is 8.61. The summed E-state index contributed by atoms with van der Waals surface area (Å²) in [5.41, 5.74) is -4.92. The van der Waals surface area contributed by atoms with Gasteiger partial charge in [-0.3, -0.25) is 4.79 Å². The molecule has 3 N–H and O–H groups in total. The van der Waals surface area contributed by atoms with Crippen molar-refractivity contribution in [1.82, 2.24) is 4.90 Å². The first-order valence-electron chi connectivity index (χ1n) is 11.5. The molecule has 7 nitrogen and oxygen atoms in total. The third-order valence-electron chi connectivity index (χ3n) is 6.17. The molecule has 1 amide bonds. The fourth-order valence-electron chi connectivity index (χ4n) is 4.29. The van der Waals surface area contributed by atoms with E-state index in [0.717, 1.165) is 11.0 Å². The highest BCUT2D eigenvalue weighted by Gasteiger charge is 2.56. The molecule has 0 saturated carbocycles. The van der Waals surface area contributed by atoms with E-state index in [1.807, 2.05) is 18.7 Å². The number of nitrogens with two attached hydrogens (primary N) is 1. The lowest BCUT2D eigenvalue weighted by atomic mass is 9.83. The highest BCUT2D eigenvalue weighted by molar-refractivity contribution is 7.89. The Labute approximate surface area is 219 Å². The van der Waals surface area contributed by atoms with Crippen molar-refractivity contribution >= 4 is 33.2 Å². The van der Waals surface area contributed by atoms with Crippen molar-refractivity contribution in [2.24, 2.45) is 5.14 Å². The molecular formula is C25H27ClF3N3O4S. The predicted molar refractivity (Wildman–Crippen MR) is 136 cm³/mol. The summed E-state index contributed by atoms with van der Waals surface area (Å²) in [5.74, 6) is 3.64. The molecule has 0 aromatic heterocycles. The minimum Gasteiger partial charge on any atom is -0.372 e. The molecule has 3 rings (SSSR count). The number of primary sulfonamides is 1. The maximum atomic E-state index is 14.4. The highest BCUT2D eigenvalue weighted by atomic mass is 35.5. The molecule has 2 aromatic rings. The van der Waals surface area contributed by atoms with Gasteiger partial charge in [0, 0.05) is 41.2 Å². The Hall–Kier alpha value is -2.62. The van der Waals surface area contributed by atoms with Crippen molar-refractivity contribution in [3.05, 3.63) is 63.7 Å². The number of benzene rings is 2. The number of hydrogen-bond acceptors (Lipinski definition) is 5. The Balaban J connectivity index is 2.25. The topological polar surface area (TPSA) is 104 Å². The van der Waals surface area contributed by atoms with Crippen LogP contribution in [0.15, 0.2) is 36.4 Å². The molecule has 0 saturated heterocycles. The Morgan fingerprint density at radius 1 is 1.19 bits per heavy atom. The van der Waals surface area contributed by atoms with Crippen LogP contribution in [0.3, 0.4) is 0 Å². The highest BCUT2D eigenvalue weighted by Crippen LogP contribution is 2.51. The van der Waals surface area contributed by atoms with Gasteiger partial charge < -0.3 is 14.9 Å². The lowest BCUT2D eigenvalue weighted by Gasteiger charge is -2.27. The van der Waals surface area contributed by atoms with Crippen LogP contribution in [-0.2, 0) is 26.6 Å². The van der Waals surface area contributed by atoms with Gasteiger partial charge in [0.25, 0.3) is 5.91 Å². The zero-order valence-electron chi connectivity index (χ0n) is 20.3. The number of nitrogens with zero attached hydrogens (tertiary/aromatic N) is 2. The van der Waals surface area contributed by atoms with Crippen molar-refractivity contribution in [1.29, 1.82) is 0 Å². The molecule has 1 unspecified atom stereocenters. The van der Waals surface area contributed by atoms with Crippen molar-refractivity contribution in [2.75, 3.05) is 36.8 Å².